The van der Waals surface area contributed by atoms with Crippen molar-refractivity contribution in [2.75, 3.05) is 13.8 Å². The molecule has 1 aromatic rings. The minimum Gasteiger partial charge on any atom is -0.497 e. The smallest absolute Gasteiger partial charge is 0.119 e. The first-order valence-electron chi connectivity index (χ1n) is 4.47. The molecule has 0 aliphatic rings. The molecule has 0 saturated heterocycles. The largest absolute Gasteiger partial charge is 0.497 e. The highest BCUT2D eigenvalue weighted by molar-refractivity contribution is 5.34. The Morgan fingerprint density at radius 2 is 2.15 bits per heavy atom. The van der Waals surface area contributed by atoms with E-state index in [2.05, 4.69) is 0 Å². The maximum Gasteiger partial charge on any atom is 0.119 e. The van der Waals surface area contributed by atoms with Crippen LogP contribution in [0.3, 0.4) is 0 Å². The van der Waals surface area contributed by atoms with Crippen LogP contribution in [0.25, 0.3) is 0 Å². The van der Waals surface area contributed by atoms with E-state index in [1.807, 2.05) is 25.1 Å². The third kappa shape index (κ3) is 2.72. The molecule has 13 heavy (non-hydrogen) atoms. The normalized spacial score (nSPS) is 10.1. The van der Waals surface area contributed by atoms with Crippen molar-refractivity contribution in [3.8, 4) is 5.75 Å². The Kier molecular flexibility index (Phi) is 3.74. The minimum absolute atomic E-state index is 0.245. The molecular formula is C11H15FO. The first-order valence-corrected chi connectivity index (χ1v) is 4.47. The Balaban J connectivity index is 2.73. The van der Waals surface area contributed by atoms with Gasteiger partial charge in [0.1, 0.15) is 5.75 Å². The lowest BCUT2D eigenvalue weighted by atomic mass is 10.0. The molecule has 0 atom stereocenters. The zero-order valence-electron chi connectivity index (χ0n) is 8.14. The van der Waals surface area contributed by atoms with E-state index in [1.54, 1.807) is 7.11 Å². The number of benzene rings is 1. The highest BCUT2D eigenvalue weighted by atomic mass is 19.1. The van der Waals surface area contributed by atoms with Crippen LogP contribution in [0.15, 0.2) is 18.2 Å². The van der Waals surface area contributed by atoms with E-state index in [4.69, 9.17) is 4.74 Å². The molecule has 1 nitrogen and oxygen atoms in total. The molecule has 0 spiro atoms. The van der Waals surface area contributed by atoms with E-state index in [-0.39, 0.29) is 6.67 Å². The summed E-state index contributed by atoms with van der Waals surface area (Å²) >= 11 is 0. The molecule has 0 N–H and O–H groups in total. The van der Waals surface area contributed by atoms with Crippen LogP contribution in [-0.2, 0) is 6.42 Å². The van der Waals surface area contributed by atoms with Gasteiger partial charge in [0.15, 0.2) is 0 Å². The molecule has 0 saturated carbocycles. The van der Waals surface area contributed by atoms with E-state index in [1.165, 1.54) is 11.1 Å². The molecule has 0 heterocycles. The summed E-state index contributed by atoms with van der Waals surface area (Å²) in [5.41, 5.74) is 2.38. The van der Waals surface area contributed by atoms with E-state index >= 15 is 0 Å². The Morgan fingerprint density at radius 1 is 1.38 bits per heavy atom. The SMILES string of the molecule is COc1ccc(CCCF)c(C)c1. The third-order valence-corrected chi connectivity index (χ3v) is 2.13. The Morgan fingerprint density at radius 3 is 2.69 bits per heavy atom. The summed E-state index contributed by atoms with van der Waals surface area (Å²) in [5.74, 6) is 0.862. The maximum atomic E-state index is 11.9. The second-order valence-electron chi connectivity index (χ2n) is 3.08. The van der Waals surface area contributed by atoms with Gasteiger partial charge in [-0.2, -0.15) is 0 Å². The van der Waals surface area contributed by atoms with Crippen LogP contribution in [0.4, 0.5) is 4.39 Å². The first-order chi connectivity index (χ1) is 6.27. The quantitative estimate of drug-likeness (QED) is 0.695. The van der Waals surface area contributed by atoms with Gasteiger partial charge in [0.25, 0.3) is 0 Å². The number of aryl methyl sites for hydroxylation is 2. The van der Waals surface area contributed by atoms with Crippen LogP contribution in [0.2, 0.25) is 0 Å². The van der Waals surface area contributed by atoms with Crippen molar-refractivity contribution in [2.45, 2.75) is 19.8 Å². The van der Waals surface area contributed by atoms with Gasteiger partial charge in [0.2, 0.25) is 0 Å². The lowest BCUT2D eigenvalue weighted by Crippen LogP contribution is -1.92. The van der Waals surface area contributed by atoms with E-state index in [0.29, 0.717) is 6.42 Å². The topological polar surface area (TPSA) is 9.23 Å². The number of halogens is 1. The van der Waals surface area contributed by atoms with Crippen molar-refractivity contribution < 1.29 is 9.13 Å². The second-order valence-corrected chi connectivity index (χ2v) is 3.08. The fourth-order valence-electron chi connectivity index (χ4n) is 1.33. The standard InChI is InChI=1S/C11H15FO/c1-9-8-11(13-2)6-5-10(9)4-3-7-12/h5-6,8H,3-4,7H2,1-2H3. The highest BCUT2D eigenvalue weighted by Gasteiger charge is 1.99. The van der Waals surface area contributed by atoms with E-state index in [9.17, 15) is 4.39 Å². The van der Waals surface area contributed by atoms with Gasteiger partial charge in [-0.1, -0.05) is 6.07 Å². The van der Waals surface area contributed by atoms with Gasteiger partial charge >= 0.3 is 0 Å². The predicted octanol–water partition coefficient (Wildman–Crippen LogP) is 2.91. The lowest BCUT2D eigenvalue weighted by molar-refractivity contribution is 0.414. The summed E-state index contributed by atoms with van der Waals surface area (Å²) in [6, 6.07) is 5.90. The highest BCUT2D eigenvalue weighted by Crippen LogP contribution is 2.17. The zero-order chi connectivity index (χ0) is 9.68. The fourth-order valence-corrected chi connectivity index (χ4v) is 1.33. The maximum absolute atomic E-state index is 11.9. The molecule has 2 heteroatoms. The number of hydrogen-bond acceptors (Lipinski definition) is 1. The number of rotatable bonds is 4. The Labute approximate surface area is 78.5 Å². The molecule has 0 unspecified atom stereocenters. The van der Waals surface area contributed by atoms with Crippen LogP contribution in [0.5, 0.6) is 5.75 Å². The fraction of sp³-hybridized carbons (Fsp3) is 0.455. The van der Waals surface area contributed by atoms with E-state index < -0.39 is 0 Å². The van der Waals surface area contributed by atoms with Crippen LogP contribution in [0.1, 0.15) is 17.5 Å². The van der Waals surface area contributed by atoms with Gasteiger partial charge in [-0.3, -0.25) is 4.39 Å². The van der Waals surface area contributed by atoms with Gasteiger partial charge in [-0.05, 0) is 43.0 Å². The van der Waals surface area contributed by atoms with Crippen molar-refractivity contribution in [1.82, 2.24) is 0 Å². The molecule has 72 valence electrons. The number of hydrogen-bond donors (Lipinski definition) is 0. The summed E-state index contributed by atoms with van der Waals surface area (Å²) in [5, 5.41) is 0. The molecule has 0 fully saturated rings. The second kappa shape index (κ2) is 4.85. The molecule has 0 bridgehead atoms. The van der Waals surface area contributed by atoms with Crippen LogP contribution in [0, 0.1) is 6.92 Å². The summed E-state index contributed by atoms with van der Waals surface area (Å²) in [7, 11) is 1.65. The molecule has 0 amide bonds. The number of alkyl halides is 1. The van der Waals surface area contributed by atoms with Crippen molar-refractivity contribution in [3.05, 3.63) is 29.3 Å². The zero-order valence-corrected chi connectivity index (χ0v) is 8.14. The first kappa shape index (κ1) is 10.0. The molecule has 0 aromatic heterocycles. The monoisotopic (exact) mass is 182 g/mol. The van der Waals surface area contributed by atoms with Crippen LogP contribution in [-0.4, -0.2) is 13.8 Å². The van der Waals surface area contributed by atoms with Gasteiger partial charge in [-0.15, -0.1) is 0 Å². The van der Waals surface area contributed by atoms with Crippen LogP contribution < -0.4 is 4.74 Å². The predicted molar refractivity (Wildman–Crippen MR) is 52.0 cm³/mol. The summed E-state index contributed by atoms with van der Waals surface area (Å²) in [6.45, 7) is 1.78. The Bertz CT molecular complexity index is 271. The van der Waals surface area contributed by atoms with Gasteiger partial charge in [0.05, 0.1) is 13.8 Å². The van der Waals surface area contributed by atoms with Crippen molar-refractivity contribution >= 4 is 0 Å². The molecule has 0 radical (unpaired) electrons. The summed E-state index contributed by atoms with van der Waals surface area (Å²) in [6.07, 6.45) is 1.42. The Hall–Kier alpha value is -1.05. The van der Waals surface area contributed by atoms with Crippen molar-refractivity contribution in [2.24, 2.45) is 0 Å². The average molecular weight is 182 g/mol. The van der Waals surface area contributed by atoms with Gasteiger partial charge in [-0.25, -0.2) is 0 Å². The van der Waals surface area contributed by atoms with Crippen molar-refractivity contribution in [1.29, 1.82) is 0 Å². The summed E-state index contributed by atoms with van der Waals surface area (Å²) < 4.78 is 17.0. The van der Waals surface area contributed by atoms with E-state index in [0.717, 1.165) is 12.2 Å². The van der Waals surface area contributed by atoms with Crippen LogP contribution >= 0.6 is 0 Å². The number of methoxy groups -OCH3 is 1. The molecular weight excluding hydrogens is 167 g/mol. The molecule has 0 aliphatic heterocycles. The third-order valence-electron chi connectivity index (χ3n) is 2.13. The van der Waals surface area contributed by atoms with Gasteiger partial charge in [0, 0.05) is 0 Å². The molecule has 0 aliphatic carbocycles. The average Bonchev–Trinajstić information content (AvgIpc) is 2.16. The minimum atomic E-state index is -0.245. The molecule has 1 rings (SSSR count). The molecule has 1 aromatic carbocycles. The lowest BCUT2D eigenvalue weighted by Gasteiger charge is -2.06. The number of ether oxygens (including phenoxy) is 1. The van der Waals surface area contributed by atoms with Crippen molar-refractivity contribution in [3.63, 3.8) is 0 Å². The summed E-state index contributed by atoms with van der Waals surface area (Å²) in [4.78, 5) is 0. The van der Waals surface area contributed by atoms with Gasteiger partial charge < -0.3 is 4.74 Å².